The number of rotatable bonds is 0. The summed E-state index contributed by atoms with van der Waals surface area (Å²) in [5, 5.41) is 3.12. The molecule has 0 saturated carbocycles. The summed E-state index contributed by atoms with van der Waals surface area (Å²) < 4.78 is 22.8. The fourth-order valence-corrected chi connectivity index (χ4v) is 4.13. The molecular weight excluding hydrogens is 204 g/mol. The number of nitrogens with zero attached hydrogens (tertiary/aromatic N) is 1. The van der Waals surface area contributed by atoms with E-state index in [9.17, 15) is 13.2 Å². The van der Waals surface area contributed by atoms with Crippen molar-refractivity contribution in [3.8, 4) is 0 Å². The maximum absolute atomic E-state index is 11.5. The smallest absolute Gasteiger partial charge is 0.223 e. The number of likely N-dealkylation sites (N-methyl/N-ethyl adjacent to an activating group) is 1. The number of carbonyl (C=O) groups is 1. The van der Waals surface area contributed by atoms with Crippen LogP contribution in [0.1, 0.15) is 6.42 Å². The van der Waals surface area contributed by atoms with E-state index in [0.29, 0.717) is 13.0 Å². The lowest BCUT2D eigenvalue weighted by Gasteiger charge is -2.25. The summed E-state index contributed by atoms with van der Waals surface area (Å²) in [5.41, 5.74) is 0. The van der Waals surface area contributed by atoms with Crippen molar-refractivity contribution >= 4 is 15.7 Å². The second kappa shape index (κ2) is 3.20. The number of nitrogens with one attached hydrogen (secondary N) is 1. The summed E-state index contributed by atoms with van der Waals surface area (Å²) >= 11 is 0. The van der Waals surface area contributed by atoms with E-state index in [0.717, 1.165) is 0 Å². The fourth-order valence-electron chi connectivity index (χ4n) is 2.13. The first-order valence-corrected chi connectivity index (χ1v) is 6.51. The van der Waals surface area contributed by atoms with Crippen LogP contribution < -0.4 is 5.32 Å². The molecule has 2 fully saturated rings. The highest BCUT2D eigenvalue weighted by Gasteiger charge is 2.42. The van der Waals surface area contributed by atoms with Crippen LogP contribution in [0.25, 0.3) is 0 Å². The van der Waals surface area contributed by atoms with Gasteiger partial charge < -0.3 is 10.2 Å². The van der Waals surface area contributed by atoms with Gasteiger partial charge in [-0.25, -0.2) is 8.42 Å². The molecular formula is C8H14N2O3S. The molecule has 0 spiro atoms. The van der Waals surface area contributed by atoms with E-state index in [1.54, 1.807) is 11.9 Å². The third-order valence-electron chi connectivity index (χ3n) is 2.96. The quantitative estimate of drug-likeness (QED) is 0.543. The van der Waals surface area contributed by atoms with E-state index in [-0.39, 0.29) is 29.5 Å². The van der Waals surface area contributed by atoms with E-state index in [1.807, 2.05) is 0 Å². The van der Waals surface area contributed by atoms with E-state index in [4.69, 9.17) is 0 Å². The maximum Gasteiger partial charge on any atom is 0.223 e. The SMILES string of the molecule is CN1C(=O)CCNC2CS(=O)(=O)CC21. The summed E-state index contributed by atoms with van der Waals surface area (Å²) in [6, 6.07) is -0.244. The van der Waals surface area contributed by atoms with Gasteiger partial charge in [-0.05, 0) is 0 Å². The second-order valence-electron chi connectivity index (χ2n) is 3.96. The Morgan fingerprint density at radius 1 is 1.43 bits per heavy atom. The Hall–Kier alpha value is -0.620. The maximum atomic E-state index is 11.5. The van der Waals surface area contributed by atoms with Gasteiger partial charge in [-0.2, -0.15) is 0 Å². The number of fused-ring (bicyclic) bond motifs is 1. The molecule has 14 heavy (non-hydrogen) atoms. The van der Waals surface area contributed by atoms with Crippen molar-refractivity contribution in [3.05, 3.63) is 0 Å². The van der Waals surface area contributed by atoms with Crippen LogP contribution in [0.2, 0.25) is 0 Å². The van der Waals surface area contributed by atoms with Gasteiger partial charge in [0.15, 0.2) is 9.84 Å². The number of carbonyl (C=O) groups excluding carboxylic acids is 1. The number of hydrogen-bond donors (Lipinski definition) is 1. The second-order valence-corrected chi connectivity index (χ2v) is 6.11. The van der Waals surface area contributed by atoms with E-state index in [1.165, 1.54) is 0 Å². The van der Waals surface area contributed by atoms with Crippen molar-refractivity contribution in [1.82, 2.24) is 10.2 Å². The van der Waals surface area contributed by atoms with Gasteiger partial charge in [0.2, 0.25) is 5.91 Å². The zero-order chi connectivity index (χ0) is 10.3. The molecule has 0 aromatic carbocycles. The lowest BCUT2D eigenvalue weighted by Crippen LogP contribution is -2.46. The molecule has 2 rings (SSSR count). The van der Waals surface area contributed by atoms with Crippen molar-refractivity contribution in [2.45, 2.75) is 18.5 Å². The molecule has 0 radical (unpaired) electrons. The first-order chi connectivity index (χ1) is 6.49. The molecule has 0 bridgehead atoms. The average molecular weight is 218 g/mol. The van der Waals surface area contributed by atoms with Gasteiger partial charge in [0.25, 0.3) is 0 Å². The zero-order valence-corrected chi connectivity index (χ0v) is 8.88. The molecule has 6 heteroatoms. The summed E-state index contributed by atoms with van der Waals surface area (Å²) in [7, 11) is -1.27. The van der Waals surface area contributed by atoms with Crippen molar-refractivity contribution in [2.24, 2.45) is 0 Å². The molecule has 2 atom stereocenters. The predicted octanol–water partition coefficient (Wildman–Crippen LogP) is -1.40. The highest BCUT2D eigenvalue weighted by atomic mass is 32.2. The normalized spacial score (nSPS) is 36.6. The molecule has 2 heterocycles. The molecule has 2 saturated heterocycles. The lowest BCUT2D eigenvalue weighted by atomic mass is 10.1. The van der Waals surface area contributed by atoms with Crippen molar-refractivity contribution in [3.63, 3.8) is 0 Å². The number of sulfone groups is 1. The van der Waals surface area contributed by atoms with Crippen LogP contribution in [0.4, 0.5) is 0 Å². The van der Waals surface area contributed by atoms with Crippen LogP contribution in [0.5, 0.6) is 0 Å². The van der Waals surface area contributed by atoms with Crippen molar-refractivity contribution in [1.29, 1.82) is 0 Å². The van der Waals surface area contributed by atoms with Crippen LogP contribution in [0.3, 0.4) is 0 Å². The molecule has 1 amide bonds. The van der Waals surface area contributed by atoms with Crippen LogP contribution in [0, 0.1) is 0 Å². The van der Waals surface area contributed by atoms with Crippen molar-refractivity contribution in [2.75, 3.05) is 25.1 Å². The van der Waals surface area contributed by atoms with Crippen LogP contribution >= 0.6 is 0 Å². The van der Waals surface area contributed by atoms with E-state index < -0.39 is 9.84 Å². The zero-order valence-electron chi connectivity index (χ0n) is 8.06. The molecule has 0 aromatic heterocycles. The molecule has 2 aliphatic rings. The fraction of sp³-hybridized carbons (Fsp3) is 0.875. The van der Waals surface area contributed by atoms with Crippen LogP contribution in [0.15, 0.2) is 0 Å². The predicted molar refractivity (Wildman–Crippen MR) is 51.6 cm³/mol. The average Bonchev–Trinajstić information content (AvgIpc) is 2.33. The van der Waals surface area contributed by atoms with Gasteiger partial charge in [0, 0.05) is 26.1 Å². The minimum Gasteiger partial charge on any atom is -0.340 e. The van der Waals surface area contributed by atoms with Gasteiger partial charge >= 0.3 is 0 Å². The first kappa shape index (κ1) is 9.92. The minimum absolute atomic E-state index is 0.0297. The Morgan fingerprint density at radius 3 is 2.86 bits per heavy atom. The Balaban J connectivity index is 2.25. The number of amides is 1. The minimum atomic E-state index is -2.96. The topological polar surface area (TPSA) is 66.5 Å². The van der Waals surface area contributed by atoms with Gasteiger partial charge in [0.05, 0.1) is 17.5 Å². The van der Waals surface area contributed by atoms with Crippen molar-refractivity contribution < 1.29 is 13.2 Å². The van der Waals surface area contributed by atoms with E-state index in [2.05, 4.69) is 5.32 Å². The third-order valence-corrected chi connectivity index (χ3v) is 4.68. The summed E-state index contributed by atoms with van der Waals surface area (Å²) in [6.45, 7) is 0.583. The lowest BCUT2D eigenvalue weighted by molar-refractivity contribution is -0.130. The molecule has 2 aliphatic heterocycles. The van der Waals surface area contributed by atoms with Crippen LogP contribution in [-0.4, -0.2) is 56.4 Å². The third kappa shape index (κ3) is 1.64. The molecule has 2 unspecified atom stereocenters. The first-order valence-electron chi connectivity index (χ1n) is 4.69. The summed E-state index contributed by atoms with van der Waals surface area (Å²) in [6.07, 6.45) is 0.462. The molecule has 80 valence electrons. The highest BCUT2D eigenvalue weighted by Crippen LogP contribution is 2.20. The van der Waals surface area contributed by atoms with Gasteiger partial charge in [-0.1, -0.05) is 0 Å². The number of hydrogen-bond acceptors (Lipinski definition) is 4. The molecule has 0 aromatic rings. The van der Waals surface area contributed by atoms with E-state index >= 15 is 0 Å². The largest absolute Gasteiger partial charge is 0.340 e. The molecule has 5 nitrogen and oxygen atoms in total. The monoisotopic (exact) mass is 218 g/mol. The molecule has 1 N–H and O–H groups in total. The van der Waals surface area contributed by atoms with Crippen LogP contribution in [-0.2, 0) is 14.6 Å². The van der Waals surface area contributed by atoms with Gasteiger partial charge in [0.1, 0.15) is 0 Å². The highest BCUT2D eigenvalue weighted by molar-refractivity contribution is 7.91. The van der Waals surface area contributed by atoms with Gasteiger partial charge in [-0.15, -0.1) is 0 Å². The summed E-state index contributed by atoms with van der Waals surface area (Å²) in [4.78, 5) is 13.0. The summed E-state index contributed by atoms with van der Waals surface area (Å²) in [5.74, 6) is 0.296. The standard InChI is InChI=1S/C8H14N2O3S/c1-10-7-5-14(12,13)4-6(7)9-3-2-8(10)11/h6-7,9H,2-5H2,1H3. The Labute approximate surface area is 83.4 Å². The Bertz CT molecular complexity index is 352. The van der Waals surface area contributed by atoms with Gasteiger partial charge in [-0.3, -0.25) is 4.79 Å². The Kier molecular flexibility index (Phi) is 2.27. The Morgan fingerprint density at radius 2 is 2.14 bits per heavy atom. The molecule has 0 aliphatic carbocycles.